The number of imidazole rings is 1. The zero-order chi connectivity index (χ0) is 23.2. The Labute approximate surface area is 183 Å². The number of nitrogens with two attached hydrogens (primary N) is 1. The molecule has 0 aliphatic carbocycles. The van der Waals surface area contributed by atoms with E-state index in [1.54, 1.807) is 0 Å². The molecule has 1 aliphatic heterocycles. The van der Waals surface area contributed by atoms with Gasteiger partial charge in [0.2, 0.25) is 0 Å². The van der Waals surface area contributed by atoms with Gasteiger partial charge in [0.15, 0.2) is 0 Å². The van der Waals surface area contributed by atoms with Crippen LogP contribution in [0.5, 0.6) is 0 Å². The number of fused-ring (bicyclic) bond motifs is 1. The second-order valence-corrected chi connectivity index (χ2v) is 10.3. The van der Waals surface area contributed by atoms with Crippen LogP contribution in [0.1, 0.15) is 65.8 Å². The highest BCUT2D eigenvalue weighted by Crippen LogP contribution is 2.39. The molecule has 1 fully saturated rings. The van der Waals surface area contributed by atoms with Crippen LogP contribution in [-0.2, 0) is 19.7 Å². The second-order valence-electron chi connectivity index (χ2n) is 10.3. The molecule has 0 spiro atoms. The van der Waals surface area contributed by atoms with E-state index in [4.69, 9.17) is 20.2 Å². The predicted octanol–water partition coefficient (Wildman–Crippen LogP) is 3.77. The first-order valence-electron chi connectivity index (χ1n) is 10.7. The molecular formula is C23H34N4O4. The molecular weight excluding hydrogens is 396 g/mol. The monoisotopic (exact) mass is 430 g/mol. The average Bonchev–Trinajstić information content (AvgIpc) is 3.04. The van der Waals surface area contributed by atoms with Crippen LogP contribution in [0, 0.1) is 6.92 Å². The van der Waals surface area contributed by atoms with E-state index in [1.165, 1.54) is 4.90 Å². The van der Waals surface area contributed by atoms with Gasteiger partial charge in [-0.1, -0.05) is 12.1 Å². The number of hydrogen-bond acceptors (Lipinski definition) is 6. The summed E-state index contributed by atoms with van der Waals surface area (Å²) in [7, 11) is 0. The number of nitrogens with one attached hydrogen (secondary N) is 1. The van der Waals surface area contributed by atoms with Gasteiger partial charge in [0, 0.05) is 13.0 Å². The van der Waals surface area contributed by atoms with Crippen molar-refractivity contribution in [3.8, 4) is 0 Å². The summed E-state index contributed by atoms with van der Waals surface area (Å²) >= 11 is 0. The Morgan fingerprint density at radius 1 is 1.16 bits per heavy atom. The molecule has 2 atom stereocenters. The summed E-state index contributed by atoms with van der Waals surface area (Å²) in [6, 6.07) is 5.82. The van der Waals surface area contributed by atoms with E-state index in [2.05, 4.69) is 4.98 Å². The number of amides is 1. The van der Waals surface area contributed by atoms with Crippen molar-refractivity contribution in [1.82, 2.24) is 14.9 Å². The van der Waals surface area contributed by atoms with Crippen LogP contribution in [0.2, 0.25) is 0 Å². The lowest BCUT2D eigenvalue weighted by atomic mass is 9.76. The number of benzene rings is 1. The maximum atomic E-state index is 13.5. The van der Waals surface area contributed by atoms with Crippen LogP contribution in [0.3, 0.4) is 0 Å². The molecule has 2 unspecified atom stereocenters. The number of esters is 1. The summed E-state index contributed by atoms with van der Waals surface area (Å²) in [6.07, 6.45) is -0.697. The molecule has 3 rings (SSSR count). The minimum Gasteiger partial charge on any atom is -0.459 e. The van der Waals surface area contributed by atoms with Gasteiger partial charge >= 0.3 is 12.1 Å². The third kappa shape index (κ3) is 4.84. The highest BCUT2D eigenvalue weighted by atomic mass is 16.6. The number of aryl methyl sites for hydroxylation is 1. The Hall–Kier alpha value is -2.61. The van der Waals surface area contributed by atoms with Crippen molar-refractivity contribution in [3.05, 3.63) is 29.6 Å². The van der Waals surface area contributed by atoms with Crippen molar-refractivity contribution in [1.29, 1.82) is 0 Å². The third-order valence-electron chi connectivity index (χ3n) is 5.33. The minimum atomic E-state index is -1.09. The van der Waals surface area contributed by atoms with Gasteiger partial charge in [-0.05, 0) is 66.5 Å². The Bertz CT molecular complexity index is 986. The molecule has 0 saturated carbocycles. The smallest absolute Gasteiger partial charge is 0.411 e. The highest BCUT2D eigenvalue weighted by molar-refractivity contribution is 5.86. The topological polar surface area (TPSA) is 111 Å². The second kappa shape index (κ2) is 7.82. The number of carbonyl (C=O) groups is 2. The normalized spacial score (nSPS) is 22.5. The van der Waals surface area contributed by atoms with E-state index in [9.17, 15) is 9.59 Å². The number of aromatic nitrogens is 2. The molecule has 8 heteroatoms. The van der Waals surface area contributed by atoms with Crippen LogP contribution in [0.25, 0.3) is 11.0 Å². The van der Waals surface area contributed by atoms with Gasteiger partial charge in [0.1, 0.15) is 22.4 Å². The molecule has 1 amide bonds. The standard InChI is InChI=1S/C23H34N4O4/c1-14-9-8-10-15-17(14)26-18(25-15)23(19(28)30-21(2,3)4)11-12-27(16(24)13-23)20(29)31-22(5,6)7/h8-10,16H,11-13,24H2,1-7H3,(H,25,26). The number of H-pyrrole nitrogens is 1. The van der Waals surface area contributed by atoms with Crippen molar-refractivity contribution in [2.24, 2.45) is 5.73 Å². The lowest BCUT2D eigenvalue weighted by Gasteiger charge is -2.43. The zero-order valence-corrected chi connectivity index (χ0v) is 19.5. The summed E-state index contributed by atoms with van der Waals surface area (Å²) in [5.41, 5.74) is 6.72. The Morgan fingerprint density at radius 3 is 2.35 bits per heavy atom. The number of likely N-dealkylation sites (tertiary alicyclic amines) is 1. The fourth-order valence-corrected chi connectivity index (χ4v) is 3.87. The van der Waals surface area contributed by atoms with E-state index in [0.29, 0.717) is 12.2 Å². The highest BCUT2D eigenvalue weighted by Gasteiger charge is 2.51. The van der Waals surface area contributed by atoms with Gasteiger partial charge in [-0.25, -0.2) is 9.78 Å². The van der Waals surface area contributed by atoms with E-state index < -0.39 is 34.8 Å². The molecule has 31 heavy (non-hydrogen) atoms. The first kappa shape index (κ1) is 23.1. The van der Waals surface area contributed by atoms with Crippen molar-refractivity contribution in [3.63, 3.8) is 0 Å². The van der Waals surface area contributed by atoms with E-state index in [1.807, 2.05) is 66.7 Å². The molecule has 1 saturated heterocycles. The molecule has 0 bridgehead atoms. The Morgan fingerprint density at radius 2 is 1.81 bits per heavy atom. The molecule has 0 radical (unpaired) electrons. The number of carbonyl (C=O) groups excluding carboxylic acids is 2. The Balaban J connectivity index is 1.99. The van der Waals surface area contributed by atoms with Gasteiger partial charge in [-0.3, -0.25) is 9.69 Å². The van der Waals surface area contributed by atoms with Crippen molar-refractivity contribution in [2.45, 2.75) is 84.1 Å². The molecule has 170 valence electrons. The van der Waals surface area contributed by atoms with Gasteiger partial charge in [-0.15, -0.1) is 0 Å². The number of piperidine rings is 1. The third-order valence-corrected chi connectivity index (χ3v) is 5.33. The van der Waals surface area contributed by atoms with Crippen LogP contribution in [-0.4, -0.2) is 50.8 Å². The molecule has 1 aliphatic rings. The maximum absolute atomic E-state index is 13.5. The SMILES string of the molecule is Cc1cccc2nc(C3(C(=O)OC(C)(C)C)CCN(C(=O)OC(C)(C)C)C(N)C3)[nH]c12. The van der Waals surface area contributed by atoms with Crippen molar-refractivity contribution < 1.29 is 19.1 Å². The fourth-order valence-electron chi connectivity index (χ4n) is 3.87. The van der Waals surface area contributed by atoms with Gasteiger partial charge in [0.25, 0.3) is 0 Å². The molecule has 3 N–H and O–H groups in total. The number of para-hydroxylation sites is 1. The van der Waals surface area contributed by atoms with E-state index in [-0.39, 0.29) is 13.0 Å². The van der Waals surface area contributed by atoms with E-state index in [0.717, 1.165) is 16.6 Å². The number of nitrogens with zero attached hydrogens (tertiary/aromatic N) is 2. The number of ether oxygens (including phenoxy) is 2. The lowest BCUT2D eigenvalue weighted by Crippen LogP contribution is -2.59. The van der Waals surface area contributed by atoms with Gasteiger partial charge in [0.05, 0.1) is 17.2 Å². The molecule has 1 aromatic heterocycles. The number of rotatable bonds is 2. The summed E-state index contributed by atoms with van der Waals surface area (Å²) in [4.78, 5) is 35.7. The van der Waals surface area contributed by atoms with Crippen LogP contribution in [0.15, 0.2) is 18.2 Å². The van der Waals surface area contributed by atoms with E-state index >= 15 is 0 Å². The zero-order valence-electron chi connectivity index (χ0n) is 19.5. The number of hydrogen-bond donors (Lipinski definition) is 2. The van der Waals surface area contributed by atoms with Crippen LogP contribution < -0.4 is 5.73 Å². The molecule has 2 heterocycles. The molecule has 2 aromatic rings. The Kier molecular flexibility index (Phi) is 5.82. The van der Waals surface area contributed by atoms with Crippen molar-refractivity contribution in [2.75, 3.05) is 6.54 Å². The van der Waals surface area contributed by atoms with Crippen LogP contribution >= 0.6 is 0 Å². The summed E-state index contributed by atoms with van der Waals surface area (Å²) in [5.74, 6) is 0.126. The maximum Gasteiger partial charge on any atom is 0.411 e. The minimum absolute atomic E-state index is 0.181. The summed E-state index contributed by atoms with van der Waals surface area (Å²) in [6.45, 7) is 13.2. The predicted molar refractivity (Wildman–Crippen MR) is 119 cm³/mol. The molecule has 1 aromatic carbocycles. The average molecular weight is 431 g/mol. The fraction of sp³-hybridized carbons (Fsp3) is 0.609. The lowest BCUT2D eigenvalue weighted by molar-refractivity contribution is -0.165. The first-order valence-corrected chi connectivity index (χ1v) is 10.7. The number of aromatic amines is 1. The van der Waals surface area contributed by atoms with Crippen molar-refractivity contribution >= 4 is 23.1 Å². The van der Waals surface area contributed by atoms with Gasteiger partial charge in [-0.2, -0.15) is 0 Å². The molecule has 8 nitrogen and oxygen atoms in total. The van der Waals surface area contributed by atoms with Crippen LogP contribution in [0.4, 0.5) is 4.79 Å². The summed E-state index contributed by atoms with van der Waals surface area (Å²) < 4.78 is 11.3. The first-order chi connectivity index (χ1) is 14.2. The quantitative estimate of drug-likeness (QED) is 0.702. The largest absolute Gasteiger partial charge is 0.459 e. The summed E-state index contributed by atoms with van der Waals surface area (Å²) in [5, 5.41) is 0. The van der Waals surface area contributed by atoms with Gasteiger partial charge < -0.3 is 20.2 Å².